The number of rotatable bonds is 36. The summed E-state index contributed by atoms with van der Waals surface area (Å²) < 4.78 is 53.8. The number of hydrogen-bond donors (Lipinski definition) is 0. The summed E-state index contributed by atoms with van der Waals surface area (Å²) >= 11 is 0. The zero-order chi connectivity index (χ0) is 49.6. The summed E-state index contributed by atoms with van der Waals surface area (Å²) in [4.78, 5) is 3.30. The SMILES string of the molecule is CCCCCCCCCCCCCCCCCCC[C@H]1OC(C)(C)O[C@H]1[C@@H](CO[C@H]1O[C@H](COCc2ccccc2)[C@H](OCc2ccccc2)[C@H](OCc2ccccc2)[C@H]1OCc1ccccc1)N=[N+]=[N-]. The van der Waals surface area contributed by atoms with E-state index < -0.39 is 48.6 Å². The summed E-state index contributed by atoms with van der Waals surface area (Å²) in [5, 5.41) is 4.30. The molecule has 0 radical (unpaired) electrons. The molecule has 0 saturated carbocycles. The number of nitrogens with zero attached hydrogens (tertiary/aromatic N) is 3. The Bertz CT molecular complexity index is 2010. The van der Waals surface area contributed by atoms with E-state index >= 15 is 0 Å². The summed E-state index contributed by atoms with van der Waals surface area (Å²) in [7, 11) is 0. The minimum absolute atomic E-state index is 0.00187. The highest BCUT2D eigenvalue weighted by atomic mass is 16.8. The molecule has 6 rings (SSSR count). The van der Waals surface area contributed by atoms with Crippen LogP contribution in [0.4, 0.5) is 0 Å². The van der Waals surface area contributed by atoms with Gasteiger partial charge in [0.1, 0.15) is 24.4 Å². The maximum atomic E-state index is 9.98. The van der Waals surface area contributed by atoms with Crippen LogP contribution in [-0.4, -0.2) is 68.0 Å². The number of unbranched alkanes of at least 4 members (excludes halogenated alkanes) is 16. The standard InChI is InChI=1S/C60H85N3O8/c1-4-5-6-7-8-9-10-11-12-13-14-15-16-17-18-19-32-41-53-55(71-60(2,3)70-53)52(62-63-61)46-68-59-58(67-45-51-39-30-23-31-40-51)57(66-44-50-37-28-22-29-38-50)56(65-43-49-35-26-21-27-36-49)54(69-59)47-64-42-48-33-24-20-25-34-48/h20-31,33-40,52-59H,4-19,32,41-47H2,1-3H3/t52-,53-,54-,55+,56+,57+,58-,59+/m1/s1. The van der Waals surface area contributed by atoms with Crippen LogP contribution in [0.1, 0.15) is 159 Å². The summed E-state index contributed by atoms with van der Waals surface area (Å²) in [6.07, 6.45) is 18.8. The minimum atomic E-state index is -0.961. The lowest BCUT2D eigenvalue weighted by molar-refractivity contribution is -0.329. The zero-order valence-electron chi connectivity index (χ0n) is 43.2. The molecule has 2 saturated heterocycles. The molecule has 2 aliphatic rings. The molecular formula is C60H85N3O8. The Morgan fingerprint density at radius 3 is 1.39 bits per heavy atom. The molecule has 0 bridgehead atoms. The van der Waals surface area contributed by atoms with Crippen molar-refractivity contribution < 1.29 is 37.9 Å². The van der Waals surface area contributed by atoms with Crippen molar-refractivity contribution in [2.24, 2.45) is 5.11 Å². The third-order valence-electron chi connectivity index (χ3n) is 13.7. The Morgan fingerprint density at radius 1 is 0.507 bits per heavy atom. The van der Waals surface area contributed by atoms with Gasteiger partial charge in [0.05, 0.1) is 57.9 Å². The Kier molecular flexibility index (Phi) is 26.0. The highest BCUT2D eigenvalue weighted by molar-refractivity contribution is 5.16. The van der Waals surface area contributed by atoms with E-state index in [-0.39, 0.29) is 25.9 Å². The van der Waals surface area contributed by atoms with Crippen LogP contribution in [0.15, 0.2) is 126 Å². The van der Waals surface area contributed by atoms with Crippen LogP contribution >= 0.6 is 0 Å². The molecule has 2 aliphatic heterocycles. The fourth-order valence-corrected chi connectivity index (χ4v) is 9.82. The summed E-state index contributed by atoms with van der Waals surface area (Å²) in [6.45, 7) is 7.60. The van der Waals surface area contributed by atoms with Crippen LogP contribution < -0.4 is 0 Å². The van der Waals surface area contributed by atoms with Crippen LogP contribution in [-0.2, 0) is 64.3 Å². The monoisotopic (exact) mass is 976 g/mol. The summed E-state index contributed by atoms with van der Waals surface area (Å²) in [5.41, 5.74) is 14.0. The molecule has 11 heteroatoms. The Hall–Kier alpha value is -4.13. The molecule has 11 nitrogen and oxygen atoms in total. The third kappa shape index (κ3) is 20.7. The number of benzene rings is 4. The number of azide groups is 1. The van der Waals surface area contributed by atoms with Crippen molar-refractivity contribution in [3.8, 4) is 0 Å². The molecule has 0 amide bonds. The largest absolute Gasteiger partial charge is 0.374 e. The molecular weight excluding hydrogens is 891 g/mol. The molecule has 0 aromatic heterocycles. The van der Waals surface area contributed by atoms with Gasteiger partial charge < -0.3 is 37.9 Å². The van der Waals surface area contributed by atoms with E-state index in [1.165, 1.54) is 96.3 Å². The predicted molar refractivity (Wildman–Crippen MR) is 281 cm³/mol. The Morgan fingerprint density at radius 2 is 0.930 bits per heavy atom. The van der Waals surface area contributed by atoms with Crippen molar-refractivity contribution in [1.29, 1.82) is 0 Å². The van der Waals surface area contributed by atoms with Gasteiger partial charge in [-0.05, 0) is 48.1 Å². The van der Waals surface area contributed by atoms with Crippen molar-refractivity contribution in [1.82, 2.24) is 0 Å². The molecule has 388 valence electrons. The number of ether oxygens (including phenoxy) is 8. The maximum Gasteiger partial charge on any atom is 0.186 e. The summed E-state index contributed by atoms with van der Waals surface area (Å²) in [5.74, 6) is -0.850. The second kappa shape index (κ2) is 32.8. The smallest absolute Gasteiger partial charge is 0.186 e. The lowest BCUT2D eigenvalue weighted by Gasteiger charge is -2.46. The van der Waals surface area contributed by atoms with Crippen molar-refractivity contribution in [3.63, 3.8) is 0 Å². The molecule has 4 aromatic carbocycles. The van der Waals surface area contributed by atoms with Gasteiger partial charge in [0.2, 0.25) is 0 Å². The highest BCUT2D eigenvalue weighted by Crippen LogP contribution is 2.36. The topological polar surface area (TPSA) is 123 Å². The molecule has 0 aliphatic carbocycles. The van der Waals surface area contributed by atoms with Gasteiger partial charge >= 0.3 is 0 Å². The van der Waals surface area contributed by atoms with E-state index in [2.05, 4.69) is 16.9 Å². The second-order valence-corrected chi connectivity index (χ2v) is 20.0. The van der Waals surface area contributed by atoms with E-state index in [0.717, 1.165) is 41.5 Å². The molecule has 0 unspecified atom stereocenters. The molecule has 8 atom stereocenters. The highest BCUT2D eigenvalue weighted by Gasteiger charge is 2.50. The Labute approximate surface area is 426 Å². The lowest BCUT2D eigenvalue weighted by Crippen LogP contribution is -2.62. The van der Waals surface area contributed by atoms with Crippen molar-refractivity contribution in [2.45, 2.75) is 218 Å². The van der Waals surface area contributed by atoms with Gasteiger partial charge in [0, 0.05) is 4.91 Å². The molecule has 2 fully saturated rings. The average molecular weight is 976 g/mol. The fourth-order valence-electron chi connectivity index (χ4n) is 9.82. The van der Waals surface area contributed by atoms with Gasteiger partial charge in [0.25, 0.3) is 0 Å². The minimum Gasteiger partial charge on any atom is -0.374 e. The lowest BCUT2D eigenvalue weighted by atomic mass is 9.97. The quantitative estimate of drug-likeness (QED) is 0.0191. The molecule has 71 heavy (non-hydrogen) atoms. The summed E-state index contributed by atoms with van der Waals surface area (Å²) in [6, 6.07) is 39.5. The van der Waals surface area contributed by atoms with Gasteiger partial charge in [-0.15, -0.1) is 0 Å². The zero-order valence-corrected chi connectivity index (χ0v) is 43.2. The van der Waals surface area contributed by atoms with Gasteiger partial charge in [-0.25, -0.2) is 0 Å². The van der Waals surface area contributed by atoms with Gasteiger partial charge in [0.15, 0.2) is 12.1 Å². The maximum absolute atomic E-state index is 9.98. The van der Waals surface area contributed by atoms with E-state index in [0.29, 0.717) is 19.8 Å². The second-order valence-electron chi connectivity index (χ2n) is 20.0. The van der Waals surface area contributed by atoms with Crippen molar-refractivity contribution >= 4 is 0 Å². The normalized spacial score (nSPS) is 22.3. The van der Waals surface area contributed by atoms with E-state index in [1.54, 1.807) is 0 Å². The van der Waals surface area contributed by atoms with E-state index in [4.69, 9.17) is 37.9 Å². The molecule has 2 heterocycles. The first-order valence-corrected chi connectivity index (χ1v) is 27.2. The molecule has 0 N–H and O–H groups in total. The van der Waals surface area contributed by atoms with Crippen molar-refractivity contribution in [3.05, 3.63) is 154 Å². The Balaban J connectivity index is 1.10. The van der Waals surface area contributed by atoms with Gasteiger partial charge in [-0.3, -0.25) is 0 Å². The third-order valence-corrected chi connectivity index (χ3v) is 13.7. The first kappa shape index (κ1) is 56.2. The van der Waals surface area contributed by atoms with Crippen molar-refractivity contribution in [2.75, 3.05) is 13.2 Å². The van der Waals surface area contributed by atoms with Crippen LogP contribution in [0.2, 0.25) is 0 Å². The molecule has 4 aromatic rings. The van der Waals surface area contributed by atoms with E-state index in [1.807, 2.05) is 135 Å². The number of hydrogen-bond acceptors (Lipinski definition) is 9. The van der Waals surface area contributed by atoms with Gasteiger partial charge in [-0.2, -0.15) is 0 Å². The van der Waals surface area contributed by atoms with E-state index in [9.17, 15) is 5.53 Å². The van der Waals surface area contributed by atoms with Crippen LogP contribution in [0.3, 0.4) is 0 Å². The van der Waals surface area contributed by atoms with Crippen LogP contribution in [0.5, 0.6) is 0 Å². The first-order chi connectivity index (χ1) is 34.9. The van der Waals surface area contributed by atoms with Crippen LogP contribution in [0, 0.1) is 0 Å². The first-order valence-electron chi connectivity index (χ1n) is 27.2. The van der Waals surface area contributed by atoms with Gasteiger partial charge in [-0.1, -0.05) is 243 Å². The average Bonchev–Trinajstić information content (AvgIpc) is 3.71. The van der Waals surface area contributed by atoms with Crippen LogP contribution in [0.25, 0.3) is 10.4 Å². The molecule has 0 spiro atoms. The predicted octanol–water partition coefficient (Wildman–Crippen LogP) is 14.9. The fraction of sp³-hybridized carbons (Fsp3) is 0.600.